The minimum atomic E-state index is -0.983. The van der Waals surface area contributed by atoms with E-state index >= 15 is 0 Å². The van der Waals surface area contributed by atoms with Gasteiger partial charge in [0.15, 0.2) is 0 Å². The van der Waals surface area contributed by atoms with Gasteiger partial charge in [0.05, 0.1) is 35.9 Å². The van der Waals surface area contributed by atoms with Gasteiger partial charge in [-0.05, 0) is 19.1 Å². The van der Waals surface area contributed by atoms with E-state index in [9.17, 15) is 24.5 Å². The molecule has 0 spiro atoms. The summed E-state index contributed by atoms with van der Waals surface area (Å²) in [5.74, 6) is -2.91. The molecule has 1 aliphatic rings. The third-order valence-corrected chi connectivity index (χ3v) is 5.42. The number of aryl methyl sites for hydroxylation is 1. The maximum atomic E-state index is 11.1. The third-order valence-electron chi connectivity index (χ3n) is 5.42. The molecule has 1 aliphatic heterocycles. The summed E-state index contributed by atoms with van der Waals surface area (Å²) in [6.07, 6.45) is 0. The normalized spacial score (nSPS) is 15.4. The van der Waals surface area contributed by atoms with Crippen LogP contribution in [0.4, 0.5) is 5.69 Å². The summed E-state index contributed by atoms with van der Waals surface area (Å²) in [6, 6.07) is 11.8. The Bertz CT molecular complexity index is 1030. The lowest BCUT2D eigenvalue weighted by Gasteiger charge is -2.29. The molecule has 3 rings (SSSR count). The molecule has 13 heteroatoms. The maximum Gasteiger partial charge on any atom is 0.317 e. The van der Waals surface area contributed by atoms with E-state index < -0.39 is 22.8 Å². The molecule has 37 heavy (non-hydrogen) atoms. The van der Waals surface area contributed by atoms with Gasteiger partial charge in [0.25, 0.3) is 5.69 Å². The van der Waals surface area contributed by atoms with Crippen LogP contribution in [-0.4, -0.2) is 104 Å². The largest absolute Gasteiger partial charge is 0.480 e. The van der Waals surface area contributed by atoms with Crippen LogP contribution in [0.15, 0.2) is 42.5 Å². The first-order valence-electron chi connectivity index (χ1n) is 11.5. The fourth-order valence-electron chi connectivity index (χ4n) is 3.67. The minimum absolute atomic E-state index is 0.144. The fraction of sp³-hybridized carbons (Fsp3) is 0.417. The number of nitrogens with zero attached hydrogens (tertiary/aromatic N) is 5. The van der Waals surface area contributed by atoms with Crippen molar-refractivity contribution in [3.8, 4) is 0 Å². The van der Waals surface area contributed by atoms with Crippen molar-refractivity contribution in [2.24, 2.45) is 0 Å². The second-order valence-corrected chi connectivity index (χ2v) is 8.59. The van der Waals surface area contributed by atoms with Gasteiger partial charge >= 0.3 is 17.9 Å². The summed E-state index contributed by atoms with van der Waals surface area (Å²) in [7, 11) is 0. The summed E-state index contributed by atoms with van der Waals surface area (Å²) in [5, 5.41) is 37.5. The maximum absolute atomic E-state index is 11.1. The number of carboxylic acid groups (broad SMARTS) is 3. The number of non-ortho nitro benzene ring substituents is 1. The van der Waals surface area contributed by atoms with Gasteiger partial charge in [0.2, 0.25) is 0 Å². The predicted octanol–water partition coefficient (Wildman–Crippen LogP) is 1.16. The van der Waals surface area contributed by atoms with Crippen molar-refractivity contribution in [3.63, 3.8) is 0 Å². The predicted molar refractivity (Wildman–Crippen MR) is 132 cm³/mol. The van der Waals surface area contributed by atoms with Crippen LogP contribution in [0.3, 0.4) is 0 Å². The van der Waals surface area contributed by atoms with E-state index in [4.69, 9.17) is 15.3 Å². The topological polar surface area (TPSA) is 178 Å². The molecule has 0 fully saturated rings. The molecule has 13 nitrogen and oxygen atoms in total. The Morgan fingerprint density at radius 1 is 0.784 bits per heavy atom. The van der Waals surface area contributed by atoms with Crippen LogP contribution in [0.2, 0.25) is 0 Å². The first-order chi connectivity index (χ1) is 17.5. The molecule has 1 aromatic heterocycles. The minimum Gasteiger partial charge on any atom is -0.480 e. The van der Waals surface area contributed by atoms with Gasteiger partial charge in [-0.2, -0.15) is 0 Å². The summed E-state index contributed by atoms with van der Waals surface area (Å²) >= 11 is 0. The standard InChI is InChI=1S/C17H24N4O6.C7H7NO2/c22-15(23)10-19-4-6-20(11-16(24)25)8-13-2-1-3-14(18-13)9-21(7-5-19)12-17(26)27;1-6-2-4-7(5-3-6)8(9)10/h1-3H,4-12H2,(H,22,23)(H,24,25)(H,26,27);2-5H,1H3. The number of fused-ring (bicyclic) bond motifs is 2. The van der Waals surface area contributed by atoms with Gasteiger partial charge in [-0.15, -0.1) is 0 Å². The zero-order chi connectivity index (χ0) is 27.4. The first-order valence-corrected chi connectivity index (χ1v) is 11.5. The fourth-order valence-corrected chi connectivity index (χ4v) is 3.67. The lowest BCUT2D eigenvalue weighted by Crippen LogP contribution is -2.44. The monoisotopic (exact) mass is 517 g/mol. The van der Waals surface area contributed by atoms with E-state index in [1.165, 1.54) is 12.1 Å². The number of hydrogen-bond donors (Lipinski definition) is 3. The average Bonchev–Trinajstić information content (AvgIpc) is 2.80. The lowest BCUT2D eigenvalue weighted by molar-refractivity contribution is -0.384. The van der Waals surface area contributed by atoms with Gasteiger partial charge in [-0.25, -0.2) is 0 Å². The molecular formula is C24H31N5O8. The Labute approximate surface area is 213 Å². The Kier molecular flexibility index (Phi) is 11.5. The van der Waals surface area contributed by atoms with Gasteiger partial charge in [-0.3, -0.25) is 44.2 Å². The Hall–Kier alpha value is -3.94. The van der Waals surface area contributed by atoms with Crippen LogP contribution in [-0.2, 0) is 27.5 Å². The zero-order valence-corrected chi connectivity index (χ0v) is 20.5. The second-order valence-electron chi connectivity index (χ2n) is 8.59. The Morgan fingerprint density at radius 3 is 1.59 bits per heavy atom. The van der Waals surface area contributed by atoms with E-state index in [2.05, 4.69) is 4.98 Å². The summed E-state index contributed by atoms with van der Waals surface area (Å²) < 4.78 is 0. The number of rotatable bonds is 7. The van der Waals surface area contributed by atoms with Crippen molar-refractivity contribution in [3.05, 3.63) is 69.5 Å². The van der Waals surface area contributed by atoms with E-state index in [0.717, 1.165) is 5.56 Å². The molecule has 200 valence electrons. The van der Waals surface area contributed by atoms with Gasteiger partial charge < -0.3 is 15.3 Å². The van der Waals surface area contributed by atoms with Crippen molar-refractivity contribution < 1.29 is 34.6 Å². The number of pyridine rings is 1. The number of carbonyl (C=O) groups is 3. The molecule has 0 atom stereocenters. The highest BCUT2D eigenvalue weighted by atomic mass is 16.6. The molecule has 2 bridgehead atoms. The van der Waals surface area contributed by atoms with Crippen molar-refractivity contribution in [2.45, 2.75) is 20.0 Å². The van der Waals surface area contributed by atoms with E-state index in [-0.39, 0.29) is 25.3 Å². The third kappa shape index (κ3) is 11.6. The van der Waals surface area contributed by atoms with Gasteiger partial charge in [0, 0.05) is 51.4 Å². The number of aromatic nitrogens is 1. The van der Waals surface area contributed by atoms with Crippen molar-refractivity contribution in [1.82, 2.24) is 19.7 Å². The van der Waals surface area contributed by atoms with Crippen LogP contribution >= 0.6 is 0 Å². The molecule has 0 unspecified atom stereocenters. The molecule has 3 N–H and O–H groups in total. The average molecular weight is 518 g/mol. The molecule has 0 amide bonds. The summed E-state index contributed by atoms with van der Waals surface area (Å²) in [5.41, 5.74) is 2.56. The van der Waals surface area contributed by atoms with Crippen LogP contribution < -0.4 is 0 Å². The molecule has 2 aromatic rings. The first kappa shape index (κ1) is 29.3. The number of nitro groups is 1. The van der Waals surface area contributed by atoms with Crippen LogP contribution in [0.25, 0.3) is 0 Å². The highest BCUT2D eigenvalue weighted by Gasteiger charge is 2.19. The highest BCUT2D eigenvalue weighted by molar-refractivity contribution is 5.70. The molecule has 1 aromatic carbocycles. The van der Waals surface area contributed by atoms with Gasteiger partial charge in [-0.1, -0.05) is 23.8 Å². The SMILES string of the molecule is Cc1ccc([N+](=O)[O-])cc1.O=C(O)CN1CCN(CC(=O)O)Cc2cccc(n2)CN(CC(=O)O)CC1. The molecule has 2 heterocycles. The number of aliphatic carboxylic acids is 3. The quantitative estimate of drug-likeness (QED) is 0.353. The molecule has 0 aliphatic carbocycles. The number of nitro benzene ring substituents is 1. The number of carboxylic acids is 3. The van der Waals surface area contributed by atoms with Gasteiger partial charge in [0.1, 0.15) is 0 Å². The lowest BCUT2D eigenvalue weighted by atomic mass is 10.2. The van der Waals surface area contributed by atoms with E-state index in [1.54, 1.807) is 39.0 Å². The molecular weight excluding hydrogens is 486 g/mol. The van der Waals surface area contributed by atoms with E-state index in [1.807, 2.05) is 13.0 Å². The summed E-state index contributed by atoms with van der Waals surface area (Å²) in [4.78, 5) is 52.7. The Morgan fingerprint density at radius 2 is 1.19 bits per heavy atom. The smallest absolute Gasteiger partial charge is 0.317 e. The molecule has 0 saturated heterocycles. The van der Waals surface area contributed by atoms with Crippen molar-refractivity contribution >= 4 is 23.6 Å². The number of benzene rings is 1. The van der Waals surface area contributed by atoms with Crippen molar-refractivity contribution in [2.75, 3.05) is 45.8 Å². The van der Waals surface area contributed by atoms with Crippen LogP contribution in [0.1, 0.15) is 17.0 Å². The zero-order valence-electron chi connectivity index (χ0n) is 20.5. The van der Waals surface area contributed by atoms with Crippen LogP contribution in [0.5, 0.6) is 0 Å². The van der Waals surface area contributed by atoms with Crippen molar-refractivity contribution in [1.29, 1.82) is 0 Å². The van der Waals surface area contributed by atoms with Crippen LogP contribution in [0, 0.1) is 17.0 Å². The number of hydrogen-bond acceptors (Lipinski definition) is 9. The highest BCUT2D eigenvalue weighted by Crippen LogP contribution is 2.11. The van der Waals surface area contributed by atoms with E-state index in [0.29, 0.717) is 50.7 Å². The summed E-state index contributed by atoms with van der Waals surface area (Å²) in [6.45, 7) is 3.46. The Balaban J connectivity index is 0.000000402. The molecule has 0 saturated carbocycles. The second kappa shape index (κ2) is 14.6. The molecule has 0 radical (unpaired) electrons.